The first-order valence-corrected chi connectivity index (χ1v) is 9.63. The molecule has 0 aromatic carbocycles. The number of aromatic nitrogens is 2. The average molecular weight is 382 g/mol. The van der Waals surface area contributed by atoms with Crippen LogP contribution in [0, 0.1) is 6.92 Å². The highest BCUT2D eigenvalue weighted by Crippen LogP contribution is 2.29. The third kappa shape index (κ3) is 4.67. The monoisotopic (exact) mass is 381 g/mol. The summed E-state index contributed by atoms with van der Waals surface area (Å²) in [4.78, 5) is 24.7. The highest BCUT2D eigenvalue weighted by atomic mass is 35.5. The molecule has 0 aliphatic heterocycles. The summed E-state index contributed by atoms with van der Waals surface area (Å²) in [5.41, 5.74) is 0.586. The van der Waals surface area contributed by atoms with E-state index < -0.39 is 5.54 Å². The highest BCUT2D eigenvalue weighted by molar-refractivity contribution is 6.31. The third-order valence-corrected chi connectivity index (χ3v) is 5.28. The fourth-order valence-electron chi connectivity index (χ4n) is 3.38. The van der Waals surface area contributed by atoms with Crippen LogP contribution in [0.2, 0.25) is 5.15 Å². The molecule has 1 heterocycles. The first-order chi connectivity index (χ1) is 12.4. The normalized spacial score (nSPS) is 16.6. The van der Waals surface area contributed by atoms with E-state index in [1.807, 2.05) is 6.92 Å². The molecule has 1 N–H and O–H groups in total. The van der Waals surface area contributed by atoms with Gasteiger partial charge < -0.3 is 10.1 Å². The van der Waals surface area contributed by atoms with E-state index in [1.54, 1.807) is 10.8 Å². The molecule has 0 radical (unpaired) electrons. The Labute approximate surface area is 159 Å². The molecule has 1 fully saturated rings. The van der Waals surface area contributed by atoms with Crippen molar-refractivity contribution in [2.45, 2.75) is 70.9 Å². The van der Waals surface area contributed by atoms with E-state index in [1.165, 1.54) is 13.2 Å². The molecule has 0 bridgehead atoms. The van der Waals surface area contributed by atoms with Crippen molar-refractivity contribution in [1.82, 2.24) is 15.1 Å². The maximum Gasteiger partial charge on any atom is 0.331 e. The van der Waals surface area contributed by atoms with Crippen LogP contribution in [0.4, 0.5) is 0 Å². The number of hydrogen-bond donors (Lipinski definition) is 1. The number of unbranched alkanes of at least 4 members (excludes halogenated alkanes) is 1. The van der Waals surface area contributed by atoms with Gasteiger partial charge in [0.2, 0.25) is 5.91 Å². The van der Waals surface area contributed by atoms with Crippen LogP contribution in [0.1, 0.15) is 63.1 Å². The van der Waals surface area contributed by atoms with Gasteiger partial charge in [-0.2, -0.15) is 5.10 Å². The number of carbonyl (C=O) groups excluding carboxylic acids is 2. The van der Waals surface area contributed by atoms with Crippen LogP contribution in [0.5, 0.6) is 0 Å². The molecule has 2 rings (SSSR count). The Kier molecular flexibility index (Phi) is 7.26. The third-order valence-electron chi connectivity index (χ3n) is 4.88. The van der Waals surface area contributed by atoms with Crippen molar-refractivity contribution in [2.24, 2.45) is 0 Å². The molecule has 0 atom stereocenters. The Bertz CT molecular complexity index is 676. The standard InChI is InChI=1S/C19H28ClN3O3/c1-4-5-13-23-17(20)15(14(2)22-23)9-10-16(24)21-19(18(25)26-3)11-7-6-8-12-19/h9-10H,4-8,11-13H2,1-3H3,(H,21,24)/b10-9+. The molecule has 144 valence electrons. The lowest BCUT2D eigenvalue weighted by Gasteiger charge is -2.34. The molecular formula is C19H28ClN3O3. The summed E-state index contributed by atoms with van der Waals surface area (Å²) in [6.07, 6.45) is 9.20. The summed E-state index contributed by atoms with van der Waals surface area (Å²) in [7, 11) is 1.36. The number of methoxy groups -OCH3 is 1. The molecule has 1 aromatic heterocycles. The second kappa shape index (κ2) is 9.21. The molecule has 1 saturated carbocycles. The maximum absolute atomic E-state index is 12.4. The summed E-state index contributed by atoms with van der Waals surface area (Å²) >= 11 is 6.38. The summed E-state index contributed by atoms with van der Waals surface area (Å²) in [6.45, 7) is 4.72. The molecule has 0 saturated heterocycles. The maximum atomic E-state index is 12.4. The zero-order chi connectivity index (χ0) is 19.2. The van der Waals surface area contributed by atoms with Crippen LogP contribution in [-0.4, -0.2) is 34.3 Å². The van der Waals surface area contributed by atoms with Crippen LogP contribution in [0.3, 0.4) is 0 Å². The van der Waals surface area contributed by atoms with Gasteiger partial charge in [-0.3, -0.25) is 9.48 Å². The van der Waals surface area contributed by atoms with Crippen LogP contribution in [0.25, 0.3) is 6.08 Å². The van der Waals surface area contributed by atoms with Gasteiger partial charge in [0, 0.05) is 18.2 Å². The first-order valence-electron chi connectivity index (χ1n) is 9.25. The number of nitrogens with one attached hydrogen (secondary N) is 1. The number of amides is 1. The van der Waals surface area contributed by atoms with Crippen LogP contribution in [0.15, 0.2) is 6.08 Å². The van der Waals surface area contributed by atoms with Crippen LogP contribution >= 0.6 is 11.6 Å². The van der Waals surface area contributed by atoms with Crippen molar-refractivity contribution in [3.05, 3.63) is 22.5 Å². The van der Waals surface area contributed by atoms with E-state index >= 15 is 0 Å². The lowest BCUT2D eigenvalue weighted by molar-refractivity contribution is -0.152. The van der Waals surface area contributed by atoms with E-state index in [2.05, 4.69) is 17.3 Å². The van der Waals surface area contributed by atoms with Gasteiger partial charge in [0.15, 0.2) is 0 Å². The second-order valence-electron chi connectivity index (χ2n) is 6.82. The number of hydrogen-bond acceptors (Lipinski definition) is 4. The molecule has 7 heteroatoms. The molecule has 1 aliphatic carbocycles. The van der Waals surface area contributed by atoms with Crippen molar-refractivity contribution in [1.29, 1.82) is 0 Å². The number of nitrogens with zero attached hydrogens (tertiary/aromatic N) is 2. The Hall–Kier alpha value is -1.82. The fraction of sp³-hybridized carbons (Fsp3) is 0.632. The molecule has 1 amide bonds. The van der Waals surface area contributed by atoms with E-state index in [0.29, 0.717) is 18.0 Å². The van der Waals surface area contributed by atoms with Gasteiger partial charge >= 0.3 is 5.97 Å². The predicted molar refractivity (Wildman–Crippen MR) is 102 cm³/mol. The Morgan fingerprint density at radius 2 is 2.04 bits per heavy atom. The zero-order valence-corrected chi connectivity index (χ0v) is 16.6. The minimum absolute atomic E-state index is 0.325. The van der Waals surface area contributed by atoms with Crippen molar-refractivity contribution in [3.8, 4) is 0 Å². The molecular weight excluding hydrogens is 354 g/mol. The number of ether oxygens (including phenoxy) is 1. The average Bonchev–Trinajstić information content (AvgIpc) is 2.91. The number of esters is 1. The molecule has 26 heavy (non-hydrogen) atoms. The SMILES string of the molecule is CCCCn1nc(C)c(/C=C/C(=O)NC2(C(=O)OC)CCCCC2)c1Cl. The molecule has 6 nitrogen and oxygen atoms in total. The number of halogens is 1. The summed E-state index contributed by atoms with van der Waals surface area (Å²) in [6, 6.07) is 0. The van der Waals surface area contributed by atoms with Gasteiger partial charge in [-0.25, -0.2) is 4.79 Å². The van der Waals surface area contributed by atoms with Gasteiger partial charge in [-0.15, -0.1) is 0 Å². The second-order valence-corrected chi connectivity index (χ2v) is 7.18. The van der Waals surface area contributed by atoms with Gasteiger partial charge in [-0.1, -0.05) is 44.2 Å². The highest BCUT2D eigenvalue weighted by Gasteiger charge is 2.41. The number of carbonyl (C=O) groups is 2. The Morgan fingerprint density at radius 3 is 2.65 bits per heavy atom. The van der Waals surface area contributed by atoms with E-state index in [-0.39, 0.29) is 11.9 Å². The van der Waals surface area contributed by atoms with Crippen molar-refractivity contribution < 1.29 is 14.3 Å². The molecule has 1 aliphatic rings. The van der Waals surface area contributed by atoms with Crippen molar-refractivity contribution in [2.75, 3.05) is 7.11 Å². The lowest BCUT2D eigenvalue weighted by atomic mass is 9.81. The van der Waals surface area contributed by atoms with Gasteiger partial charge in [0.05, 0.1) is 12.8 Å². The Morgan fingerprint density at radius 1 is 1.35 bits per heavy atom. The molecule has 0 unspecified atom stereocenters. The van der Waals surface area contributed by atoms with Crippen LogP contribution in [-0.2, 0) is 20.9 Å². The number of rotatable bonds is 7. The van der Waals surface area contributed by atoms with E-state index in [4.69, 9.17) is 16.3 Å². The summed E-state index contributed by atoms with van der Waals surface area (Å²) < 4.78 is 6.68. The molecule has 1 aromatic rings. The first kappa shape index (κ1) is 20.5. The number of aryl methyl sites for hydroxylation is 2. The van der Waals surface area contributed by atoms with Crippen LogP contribution < -0.4 is 5.32 Å². The van der Waals surface area contributed by atoms with Crippen molar-refractivity contribution in [3.63, 3.8) is 0 Å². The minimum Gasteiger partial charge on any atom is -0.467 e. The lowest BCUT2D eigenvalue weighted by Crippen LogP contribution is -2.55. The van der Waals surface area contributed by atoms with E-state index in [0.717, 1.165) is 49.9 Å². The van der Waals surface area contributed by atoms with Gasteiger partial charge in [0.1, 0.15) is 10.7 Å². The van der Waals surface area contributed by atoms with Gasteiger partial charge in [-0.05, 0) is 32.3 Å². The van der Waals surface area contributed by atoms with E-state index in [9.17, 15) is 9.59 Å². The quantitative estimate of drug-likeness (QED) is 0.578. The minimum atomic E-state index is -0.918. The topological polar surface area (TPSA) is 73.2 Å². The summed E-state index contributed by atoms with van der Waals surface area (Å²) in [5, 5.41) is 7.81. The zero-order valence-electron chi connectivity index (χ0n) is 15.8. The predicted octanol–water partition coefficient (Wildman–Crippen LogP) is 3.65. The summed E-state index contributed by atoms with van der Waals surface area (Å²) in [5.74, 6) is -0.699. The smallest absolute Gasteiger partial charge is 0.331 e. The Balaban J connectivity index is 2.11. The fourth-order valence-corrected chi connectivity index (χ4v) is 3.70. The van der Waals surface area contributed by atoms with Crippen molar-refractivity contribution >= 4 is 29.6 Å². The van der Waals surface area contributed by atoms with Gasteiger partial charge in [0.25, 0.3) is 0 Å². The molecule has 0 spiro atoms. The largest absolute Gasteiger partial charge is 0.467 e.